The Labute approximate surface area is 502 Å². The van der Waals surface area contributed by atoms with Crippen LogP contribution in [0.25, 0.3) is 0 Å². The predicted molar refractivity (Wildman–Crippen MR) is 311 cm³/mol. The van der Waals surface area contributed by atoms with Crippen molar-refractivity contribution in [2.24, 2.45) is 11.5 Å². The maximum atomic E-state index is 13.8. The van der Waals surface area contributed by atoms with Gasteiger partial charge < -0.3 is 73.6 Å². The molecule has 2 heterocycles. The third kappa shape index (κ3) is 35.3. The number of unbranched alkanes of at least 4 members (excludes halogenated alkanes) is 13. The summed E-state index contributed by atoms with van der Waals surface area (Å²) in [5, 5.41) is 43.3. The normalized spacial score (nSPS) is 13.0. The van der Waals surface area contributed by atoms with Crippen molar-refractivity contribution < 1.29 is 70.9 Å². The summed E-state index contributed by atoms with van der Waals surface area (Å²) < 4.78 is 37.5. The maximum Gasteiger partial charge on any atom is 0.246 e. The average molecular weight is 1240 g/mol. The van der Waals surface area contributed by atoms with Gasteiger partial charge in [-0.05, 0) is 42.5 Å². The molecule has 0 bridgehead atoms. The summed E-state index contributed by atoms with van der Waals surface area (Å²) in [4.78, 5) is 135. The van der Waals surface area contributed by atoms with Crippen LogP contribution in [0.4, 0.5) is 0 Å². The van der Waals surface area contributed by atoms with E-state index in [4.69, 9.17) is 20.9 Å². The third-order valence-electron chi connectivity index (χ3n) is 13.3. The van der Waals surface area contributed by atoms with Crippen molar-refractivity contribution >= 4 is 69.1 Å². The van der Waals surface area contributed by atoms with Crippen LogP contribution in [0.2, 0.25) is 0 Å². The number of nitrogens with zero attached hydrogens (tertiary/aromatic N) is 4. The van der Waals surface area contributed by atoms with Gasteiger partial charge in [-0.25, -0.2) is 18.5 Å². The number of aliphatic hydroxyl groups excluding tert-OH is 1. The van der Waals surface area contributed by atoms with Crippen LogP contribution in [0.5, 0.6) is 0 Å². The molecule has 86 heavy (non-hydrogen) atoms. The molecule has 0 saturated heterocycles. The van der Waals surface area contributed by atoms with Crippen molar-refractivity contribution in [3.05, 3.63) is 24.0 Å². The average Bonchev–Trinajstić information content (AvgIpc) is 4.33. The van der Waals surface area contributed by atoms with Gasteiger partial charge in [0, 0.05) is 58.4 Å². The number of hydrogen-bond acceptors (Lipinski definition) is 20. The van der Waals surface area contributed by atoms with E-state index in [1.165, 1.54) is 64.5 Å². The number of primary amides is 1. The lowest BCUT2D eigenvalue weighted by molar-refractivity contribution is -0.135. The van der Waals surface area contributed by atoms with Crippen LogP contribution in [-0.2, 0) is 80.3 Å². The Kier molecular flexibility index (Phi) is 39.3. The van der Waals surface area contributed by atoms with Crippen molar-refractivity contribution in [2.45, 2.75) is 185 Å². The van der Waals surface area contributed by atoms with Gasteiger partial charge >= 0.3 is 0 Å². The fourth-order valence-electron chi connectivity index (χ4n) is 8.46. The number of carbonyl (C=O) groups excluding carboxylic acids is 10. The standard InChI is InChI=1S/C53H93N17O15S/c1-3-4-19-38(49(77)56-2)62-52(80)41(31-54)65-51(79)40(30-37-32-57-36-60-37)64-50(78)39(23-24-43(55)72)63-53(81)42(34-71)61-47(75)33-59-48(76)35-85-28-27-84-26-25-58-45(73)22-18-29-86(82,83)68-46(74)21-17-15-13-11-9-7-5-6-8-10-12-14-16-20-44-66-69-70-67-44/h32,36,38-42,71H,3-31,33-35,54H2,1-2H3,(H2,55,72)(H,56,77)(H,57,60)(H,58,73)(H,59,76)(H,61,75)(H,62,80)(H,63,81)(H,64,78)(H,65,79)(H,68,74)(H,66,67,69,70)/t38-,39-,40-,41-,42-/m0/s1. The van der Waals surface area contributed by atoms with Crippen LogP contribution in [0.3, 0.4) is 0 Å². The SMILES string of the molecule is CCCC[C@H](NC(=O)[C@H](CN)NC(=O)[C@H](Cc1c[nH]cn1)NC(=O)[C@H](CCC(N)=O)NC(=O)[C@H](CO)NC(=O)CNC(=O)COCCOCCNC(=O)CCCS(=O)(=O)NC(=O)CCCCCCCCCCCCCCCc1nnn[nH]1)C(=O)NC. The number of nitrogens with one attached hydrogen (secondary N) is 11. The fourth-order valence-corrected chi connectivity index (χ4v) is 9.53. The van der Waals surface area contributed by atoms with Crippen LogP contribution in [0, 0.1) is 0 Å². The minimum atomic E-state index is -3.89. The molecule has 0 aliphatic rings. The number of likely N-dealkylation sites (N-methyl/N-ethyl adjacent to an activating group) is 1. The van der Waals surface area contributed by atoms with Crippen molar-refractivity contribution in [1.82, 2.24) is 77.8 Å². The number of carbonyl (C=O) groups is 10. The Morgan fingerprint density at radius 3 is 1.80 bits per heavy atom. The third-order valence-corrected chi connectivity index (χ3v) is 14.6. The van der Waals surface area contributed by atoms with E-state index in [2.05, 4.69) is 77.8 Å². The summed E-state index contributed by atoms with van der Waals surface area (Å²) in [6, 6.07) is -6.97. The predicted octanol–water partition coefficient (Wildman–Crippen LogP) is -2.76. The van der Waals surface area contributed by atoms with E-state index in [0.717, 1.165) is 50.8 Å². The fraction of sp³-hybridized carbons (Fsp3) is 0.736. The van der Waals surface area contributed by atoms with E-state index in [1.807, 2.05) is 6.92 Å². The van der Waals surface area contributed by atoms with Crippen LogP contribution in [0.1, 0.15) is 153 Å². The van der Waals surface area contributed by atoms with Crippen molar-refractivity contribution in [3.63, 3.8) is 0 Å². The van der Waals surface area contributed by atoms with E-state index in [-0.39, 0.29) is 52.0 Å². The van der Waals surface area contributed by atoms with E-state index in [1.54, 1.807) is 0 Å². The molecule has 0 spiro atoms. The molecule has 10 amide bonds. The Morgan fingerprint density at radius 1 is 0.628 bits per heavy atom. The lowest BCUT2D eigenvalue weighted by atomic mass is 10.0. The molecule has 2 aromatic rings. The van der Waals surface area contributed by atoms with Gasteiger partial charge in [-0.15, -0.1) is 5.10 Å². The first-order valence-electron chi connectivity index (χ1n) is 29.5. The molecular formula is C53H93N17O15S. The molecule has 0 aliphatic carbocycles. The van der Waals surface area contributed by atoms with Crippen LogP contribution in [0.15, 0.2) is 12.5 Å². The summed E-state index contributed by atoms with van der Waals surface area (Å²) in [6.45, 7) is -0.490. The minimum absolute atomic E-state index is 0.000000306. The number of imidazole rings is 1. The first-order valence-corrected chi connectivity index (χ1v) is 31.2. The largest absolute Gasteiger partial charge is 0.394 e. The molecular weight excluding hydrogens is 1150 g/mol. The van der Waals surface area contributed by atoms with E-state index in [0.29, 0.717) is 25.0 Å². The smallest absolute Gasteiger partial charge is 0.246 e. The van der Waals surface area contributed by atoms with Gasteiger partial charge in [0.2, 0.25) is 69.1 Å². The van der Waals surface area contributed by atoms with Crippen LogP contribution < -0.4 is 58.7 Å². The number of aromatic nitrogens is 6. The van der Waals surface area contributed by atoms with Crippen LogP contribution >= 0.6 is 0 Å². The zero-order valence-electron chi connectivity index (χ0n) is 49.7. The molecule has 0 unspecified atom stereocenters. The number of ether oxygens (including phenoxy) is 2. The zero-order chi connectivity index (χ0) is 63.4. The molecule has 5 atom stereocenters. The molecule has 16 N–H and O–H groups in total. The van der Waals surface area contributed by atoms with E-state index < -0.39 is 144 Å². The van der Waals surface area contributed by atoms with E-state index >= 15 is 0 Å². The number of nitrogens with two attached hydrogens (primary N) is 2. The molecule has 0 radical (unpaired) electrons. The van der Waals surface area contributed by atoms with Gasteiger partial charge in [0.1, 0.15) is 42.6 Å². The quantitative estimate of drug-likeness (QED) is 0.0298. The molecule has 0 aliphatic heterocycles. The molecule has 33 heteroatoms. The summed E-state index contributed by atoms with van der Waals surface area (Å²) in [5.74, 6) is -7.26. The van der Waals surface area contributed by atoms with Gasteiger partial charge in [0.25, 0.3) is 0 Å². The van der Waals surface area contributed by atoms with Gasteiger partial charge in [-0.1, -0.05) is 90.4 Å². The molecule has 486 valence electrons. The molecule has 0 fully saturated rings. The monoisotopic (exact) mass is 1240 g/mol. The number of H-pyrrole nitrogens is 2. The second-order valence-electron chi connectivity index (χ2n) is 20.5. The number of amides is 10. The van der Waals surface area contributed by atoms with Gasteiger partial charge in [0.05, 0.1) is 50.7 Å². The lowest BCUT2D eigenvalue weighted by Gasteiger charge is -2.26. The Balaban J connectivity index is 1.64. The van der Waals surface area contributed by atoms with Gasteiger partial charge in [-0.2, -0.15) is 0 Å². The number of aryl methyl sites for hydroxylation is 1. The highest BCUT2D eigenvalue weighted by molar-refractivity contribution is 7.90. The number of sulfonamides is 1. The van der Waals surface area contributed by atoms with Crippen molar-refractivity contribution in [1.29, 1.82) is 0 Å². The molecule has 0 aromatic carbocycles. The first-order chi connectivity index (χ1) is 41.3. The second kappa shape index (κ2) is 45.1. The van der Waals surface area contributed by atoms with Crippen molar-refractivity contribution in [3.8, 4) is 0 Å². The maximum absolute atomic E-state index is 13.8. The summed E-state index contributed by atoms with van der Waals surface area (Å²) in [7, 11) is -2.48. The molecule has 2 rings (SSSR count). The Bertz CT molecular complexity index is 2440. The van der Waals surface area contributed by atoms with Gasteiger partial charge in [0.15, 0.2) is 0 Å². The zero-order valence-corrected chi connectivity index (χ0v) is 50.5. The number of aliphatic hydroxyl groups is 1. The van der Waals surface area contributed by atoms with E-state index in [9.17, 15) is 61.5 Å². The number of aromatic amines is 2. The van der Waals surface area contributed by atoms with Crippen LogP contribution in [-0.4, -0.2) is 199 Å². The second-order valence-corrected chi connectivity index (χ2v) is 22.3. The molecule has 2 aromatic heterocycles. The summed E-state index contributed by atoms with van der Waals surface area (Å²) in [6.07, 6.45) is 18.5. The number of hydrogen-bond donors (Lipinski definition) is 14. The highest BCUT2D eigenvalue weighted by Crippen LogP contribution is 2.14. The van der Waals surface area contributed by atoms with Crippen molar-refractivity contribution in [2.75, 3.05) is 65.5 Å². The molecule has 0 saturated carbocycles. The topological polar surface area (TPSA) is 487 Å². The highest BCUT2D eigenvalue weighted by Gasteiger charge is 2.33. The van der Waals surface area contributed by atoms with Gasteiger partial charge in [-0.3, -0.25) is 52.7 Å². The highest BCUT2D eigenvalue weighted by atomic mass is 32.2. The lowest BCUT2D eigenvalue weighted by Crippen LogP contribution is -2.61. The first kappa shape index (κ1) is 74.9. The Morgan fingerprint density at radius 2 is 1.21 bits per heavy atom. The Hall–Kier alpha value is -7.23. The number of rotatable bonds is 51. The molecule has 32 nitrogen and oxygen atoms in total. The summed E-state index contributed by atoms with van der Waals surface area (Å²) in [5.41, 5.74) is 11.5. The minimum Gasteiger partial charge on any atom is -0.394 e. The summed E-state index contributed by atoms with van der Waals surface area (Å²) >= 11 is 0. The number of tetrazole rings is 1.